The van der Waals surface area contributed by atoms with Gasteiger partial charge in [0.2, 0.25) is 0 Å². The van der Waals surface area contributed by atoms with E-state index in [0.717, 1.165) is 23.1 Å². The lowest BCUT2D eigenvalue weighted by Gasteiger charge is -2.28. The van der Waals surface area contributed by atoms with Crippen LogP contribution in [-0.2, 0) is 28.8 Å². The van der Waals surface area contributed by atoms with E-state index >= 15 is 0 Å². The van der Waals surface area contributed by atoms with Crippen LogP contribution < -0.4 is 10.1 Å². The van der Waals surface area contributed by atoms with Gasteiger partial charge < -0.3 is 14.8 Å². The third-order valence-corrected chi connectivity index (χ3v) is 5.46. The van der Waals surface area contributed by atoms with Crippen molar-refractivity contribution in [2.24, 2.45) is 0 Å². The molecule has 0 fully saturated rings. The largest absolute Gasteiger partial charge is 0.486 e. The normalized spacial score (nSPS) is 18.0. The van der Waals surface area contributed by atoms with Gasteiger partial charge in [0.1, 0.15) is 16.9 Å². The summed E-state index contributed by atoms with van der Waals surface area (Å²) in [6.07, 6.45) is 1.60. The molecule has 0 bridgehead atoms. The van der Waals surface area contributed by atoms with Gasteiger partial charge in [0.15, 0.2) is 0 Å². The van der Waals surface area contributed by atoms with Gasteiger partial charge >= 0.3 is 5.97 Å². The van der Waals surface area contributed by atoms with Gasteiger partial charge in [-0.15, -0.1) is 0 Å². The van der Waals surface area contributed by atoms with E-state index < -0.39 is 11.5 Å². The summed E-state index contributed by atoms with van der Waals surface area (Å²) >= 11 is 0. The smallest absolute Gasteiger partial charge is 0.332 e. The molecular weight excluding hydrogens is 354 g/mol. The van der Waals surface area contributed by atoms with Crippen LogP contribution in [0.4, 0.5) is 0 Å². The molecule has 0 radical (unpaired) electrons. The summed E-state index contributed by atoms with van der Waals surface area (Å²) in [4.78, 5) is 26.1. The molecule has 4 rings (SSSR count). The summed E-state index contributed by atoms with van der Waals surface area (Å²) < 4.78 is 11.4. The van der Waals surface area contributed by atoms with E-state index in [4.69, 9.17) is 9.47 Å². The van der Waals surface area contributed by atoms with Gasteiger partial charge in [-0.1, -0.05) is 36.4 Å². The predicted octanol–water partition coefficient (Wildman–Crippen LogP) is 3.23. The van der Waals surface area contributed by atoms with Crippen molar-refractivity contribution in [2.75, 3.05) is 6.61 Å². The van der Waals surface area contributed by atoms with Crippen molar-refractivity contribution in [1.82, 2.24) is 5.32 Å². The van der Waals surface area contributed by atoms with Gasteiger partial charge in [-0.05, 0) is 43.5 Å². The number of rotatable bonds is 4. The first-order valence-electron chi connectivity index (χ1n) is 9.71. The third-order valence-electron chi connectivity index (χ3n) is 5.46. The molecule has 1 N–H and O–H groups in total. The molecule has 28 heavy (non-hydrogen) atoms. The van der Waals surface area contributed by atoms with E-state index in [2.05, 4.69) is 5.32 Å². The minimum absolute atomic E-state index is 0.269. The van der Waals surface area contributed by atoms with Crippen molar-refractivity contribution in [3.63, 3.8) is 0 Å². The number of benzene rings is 2. The van der Waals surface area contributed by atoms with Gasteiger partial charge in [-0.3, -0.25) is 4.79 Å². The van der Waals surface area contributed by atoms with Gasteiger partial charge in [-0.25, -0.2) is 4.79 Å². The lowest BCUT2D eigenvalue weighted by Crippen LogP contribution is -2.56. The zero-order valence-corrected chi connectivity index (χ0v) is 16.5. The first kappa shape index (κ1) is 18.5. The zero-order chi connectivity index (χ0) is 19.9. The Kier molecular flexibility index (Phi) is 4.41. The Labute approximate surface area is 165 Å². The molecule has 0 spiro atoms. The molecule has 2 aliphatic rings. The van der Waals surface area contributed by atoms with E-state index in [1.165, 1.54) is 0 Å². The number of esters is 1. The molecule has 0 unspecified atom stereocenters. The molecule has 1 aliphatic carbocycles. The molecule has 2 aromatic carbocycles. The van der Waals surface area contributed by atoms with Crippen LogP contribution in [0.5, 0.6) is 5.75 Å². The Bertz CT molecular complexity index is 922. The van der Waals surface area contributed by atoms with Crippen molar-refractivity contribution in [3.05, 3.63) is 64.7 Å². The number of para-hydroxylation sites is 1. The maximum Gasteiger partial charge on any atom is 0.332 e. The second kappa shape index (κ2) is 6.66. The molecule has 0 saturated carbocycles. The minimum atomic E-state index is -1.09. The molecular formula is C23H25NO4. The van der Waals surface area contributed by atoms with Crippen molar-refractivity contribution in [3.8, 4) is 5.75 Å². The average Bonchev–Trinajstić information content (AvgIpc) is 3.17. The highest BCUT2D eigenvalue weighted by Crippen LogP contribution is 2.38. The standard InChI is InChI=1S/C23H25NO4/c1-4-27-21(26)23(13-15-8-5-6-9-16(15)14-23)24-20(25)18-11-7-10-17-12-22(2,3)28-19(17)18/h5-11H,4,12-14H2,1-3H3,(H,24,25). The summed E-state index contributed by atoms with van der Waals surface area (Å²) in [5, 5.41) is 3.00. The Morgan fingerprint density at radius 3 is 2.29 bits per heavy atom. The van der Waals surface area contributed by atoms with Crippen LogP contribution in [0, 0.1) is 0 Å². The number of carbonyl (C=O) groups excluding carboxylic acids is 2. The molecule has 1 heterocycles. The fourth-order valence-electron chi connectivity index (χ4n) is 4.25. The van der Waals surface area contributed by atoms with E-state index in [1.54, 1.807) is 13.0 Å². The van der Waals surface area contributed by atoms with Crippen molar-refractivity contribution in [2.45, 2.75) is 51.2 Å². The van der Waals surface area contributed by atoms with Gasteiger partial charge in [0.25, 0.3) is 5.91 Å². The number of hydrogen-bond donors (Lipinski definition) is 1. The zero-order valence-electron chi connectivity index (χ0n) is 16.5. The van der Waals surface area contributed by atoms with E-state index in [9.17, 15) is 9.59 Å². The fourth-order valence-corrected chi connectivity index (χ4v) is 4.25. The molecule has 146 valence electrons. The Hall–Kier alpha value is -2.82. The van der Waals surface area contributed by atoms with Crippen molar-refractivity contribution < 1.29 is 19.1 Å². The maximum absolute atomic E-state index is 13.2. The van der Waals surface area contributed by atoms with Crippen LogP contribution in [0.25, 0.3) is 0 Å². The van der Waals surface area contributed by atoms with Crippen LogP contribution in [0.15, 0.2) is 42.5 Å². The van der Waals surface area contributed by atoms with E-state index in [1.807, 2.05) is 50.2 Å². The van der Waals surface area contributed by atoms with Gasteiger partial charge in [0, 0.05) is 19.3 Å². The second-order valence-electron chi connectivity index (χ2n) is 8.21. The molecule has 2 aromatic rings. The first-order valence-corrected chi connectivity index (χ1v) is 9.71. The molecule has 5 heteroatoms. The van der Waals surface area contributed by atoms with Crippen LogP contribution in [0.2, 0.25) is 0 Å². The summed E-state index contributed by atoms with van der Waals surface area (Å²) in [5.74, 6) is -0.0942. The van der Waals surface area contributed by atoms with Crippen LogP contribution in [0.1, 0.15) is 47.8 Å². The quantitative estimate of drug-likeness (QED) is 0.829. The molecule has 0 atom stereocenters. The first-order chi connectivity index (χ1) is 13.3. The van der Waals surface area contributed by atoms with Crippen molar-refractivity contribution >= 4 is 11.9 Å². The number of amides is 1. The topological polar surface area (TPSA) is 64.6 Å². The summed E-state index contributed by atoms with van der Waals surface area (Å²) in [6, 6.07) is 13.5. The Morgan fingerprint density at radius 2 is 1.64 bits per heavy atom. The number of ether oxygens (including phenoxy) is 2. The van der Waals surface area contributed by atoms with E-state index in [-0.39, 0.29) is 18.1 Å². The SMILES string of the molecule is CCOC(=O)C1(NC(=O)c2cccc3c2OC(C)(C)C3)Cc2ccccc2C1. The monoisotopic (exact) mass is 379 g/mol. The number of hydrogen-bond acceptors (Lipinski definition) is 4. The van der Waals surface area contributed by atoms with Crippen LogP contribution in [-0.4, -0.2) is 29.6 Å². The molecule has 1 aliphatic heterocycles. The highest BCUT2D eigenvalue weighted by atomic mass is 16.5. The average molecular weight is 379 g/mol. The Morgan fingerprint density at radius 1 is 1.00 bits per heavy atom. The molecule has 5 nitrogen and oxygen atoms in total. The van der Waals surface area contributed by atoms with Gasteiger partial charge in [-0.2, -0.15) is 0 Å². The molecule has 1 amide bonds. The molecule has 0 aromatic heterocycles. The predicted molar refractivity (Wildman–Crippen MR) is 106 cm³/mol. The fraction of sp³-hybridized carbons (Fsp3) is 0.391. The summed E-state index contributed by atoms with van der Waals surface area (Å²) in [5.41, 5.74) is 2.16. The summed E-state index contributed by atoms with van der Waals surface area (Å²) in [7, 11) is 0. The second-order valence-corrected chi connectivity index (χ2v) is 8.21. The highest BCUT2D eigenvalue weighted by molar-refractivity contribution is 6.01. The Balaban J connectivity index is 1.66. The highest BCUT2D eigenvalue weighted by Gasteiger charge is 2.47. The number of carbonyl (C=O) groups is 2. The third kappa shape index (κ3) is 3.15. The van der Waals surface area contributed by atoms with Crippen LogP contribution >= 0.6 is 0 Å². The summed E-state index contributed by atoms with van der Waals surface area (Å²) in [6.45, 7) is 6.05. The maximum atomic E-state index is 13.2. The van der Waals surface area contributed by atoms with Crippen molar-refractivity contribution in [1.29, 1.82) is 0 Å². The van der Waals surface area contributed by atoms with Crippen LogP contribution in [0.3, 0.4) is 0 Å². The number of nitrogens with one attached hydrogen (secondary N) is 1. The molecule has 0 saturated heterocycles. The van der Waals surface area contributed by atoms with E-state index in [0.29, 0.717) is 24.2 Å². The lowest BCUT2D eigenvalue weighted by molar-refractivity contribution is -0.150. The van der Waals surface area contributed by atoms with Gasteiger partial charge in [0.05, 0.1) is 12.2 Å². The lowest BCUT2D eigenvalue weighted by atomic mass is 9.94. The number of fused-ring (bicyclic) bond motifs is 2. The minimum Gasteiger partial charge on any atom is -0.486 e.